The second-order valence-electron chi connectivity index (χ2n) is 4.69. The number of aliphatic hydroxyl groups is 1. The van der Waals surface area contributed by atoms with E-state index in [0.29, 0.717) is 0 Å². The molecule has 0 heterocycles. The Morgan fingerprint density at radius 3 is 2.19 bits per heavy atom. The van der Waals surface area contributed by atoms with Crippen molar-refractivity contribution in [1.82, 2.24) is 5.32 Å². The number of nitrogens with two attached hydrogens (primary N) is 1. The highest BCUT2D eigenvalue weighted by Crippen LogP contribution is 2.16. The van der Waals surface area contributed by atoms with Gasteiger partial charge in [-0.1, -0.05) is 38.5 Å². The number of nitrogens with one attached hydrogen (secondary N) is 1. The van der Waals surface area contributed by atoms with Crippen LogP contribution in [0, 0.1) is 0 Å². The maximum Gasteiger partial charge on any atom is 0.239 e. The lowest BCUT2D eigenvalue weighted by Gasteiger charge is -2.19. The number of carbonyl (C=O) groups is 1. The zero-order valence-electron chi connectivity index (χ0n) is 9.95. The maximum atomic E-state index is 11.5. The van der Waals surface area contributed by atoms with E-state index >= 15 is 0 Å². The molecule has 0 saturated heterocycles. The Labute approximate surface area is 97.6 Å². The second-order valence-corrected chi connectivity index (χ2v) is 4.69. The van der Waals surface area contributed by atoms with Crippen LogP contribution in [0.15, 0.2) is 0 Å². The third-order valence-electron chi connectivity index (χ3n) is 3.24. The Morgan fingerprint density at radius 1 is 1.19 bits per heavy atom. The molecule has 1 fully saturated rings. The molecule has 1 amide bonds. The normalized spacial score (nSPS) is 21.6. The van der Waals surface area contributed by atoms with Crippen LogP contribution in [-0.2, 0) is 4.79 Å². The van der Waals surface area contributed by atoms with Crippen LogP contribution in [0.3, 0.4) is 0 Å². The first-order chi connectivity index (χ1) is 7.74. The van der Waals surface area contributed by atoms with E-state index in [2.05, 4.69) is 5.32 Å². The zero-order chi connectivity index (χ0) is 11.8. The first-order valence-corrected chi connectivity index (χ1v) is 6.41. The molecular formula is C12H24N2O2. The summed E-state index contributed by atoms with van der Waals surface area (Å²) in [6.07, 6.45) is 9.61. The van der Waals surface area contributed by atoms with Gasteiger partial charge in [0, 0.05) is 6.04 Å². The average molecular weight is 228 g/mol. The molecule has 94 valence electrons. The summed E-state index contributed by atoms with van der Waals surface area (Å²) in [4.78, 5) is 11.5. The van der Waals surface area contributed by atoms with Crippen LogP contribution in [0.1, 0.15) is 51.4 Å². The number of rotatable bonds is 3. The van der Waals surface area contributed by atoms with Crippen molar-refractivity contribution in [3.63, 3.8) is 0 Å². The molecule has 0 aromatic carbocycles. The lowest BCUT2D eigenvalue weighted by molar-refractivity contribution is -0.123. The molecule has 1 rings (SSSR count). The van der Waals surface area contributed by atoms with Crippen LogP contribution in [0.5, 0.6) is 0 Å². The summed E-state index contributed by atoms with van der Waals surface area (Å²) in [6, 6.07) is -0.518. The SMILES string of the molecule is NC(CO)C(=O)NC1CCCCCCCC1. The topological polar surface area (TPSA) is 75.3 Å². The van der Waals surface area contributed by atoms with Gasteiger partial charge in [0.1, 0.15) is 6.04 Å². The highest BCUT2D eigenvalue weighted by atomic mass is 16.3. The van der Waals surface area contributed by atoms with Crippen molar-refractivity contribution in [3.05, 3.63) is 0 Å². The fraction of sp³-hybridized carbons (Fsp3) is 0.917. The number of hydrogen-bond donors (Lipinski definition) is 3. The molecule has 0 aliphatic heterocycles. The lowest BCUT2D eigenvalue weighted by atomic mass is 10.0. The smallest absolute Gasteiger partial charge is 0.239 e. The van der Waals surface area contributed by atoms with Gasteiger partial charge >= 0.3 is 0 Å². The Bertz CT molecular complexity index is 199. The number of amides is 1. The third-order valence-corrected chi connectivity index (χ3v) is 3.24. The molecule has 0 radical (unpaired) electrons. The van der Waals surface area contributed by atoms with Gasteiger partial charge in [-0.2, -0.15) is 0 Å². The van der Waals surface area contributed by atoms with E-state index in [0.717, 1.165) is 12.8 Å². The predicted octanol–water partition coefficient (Wildman–Crippen LogP) is 0.925. The van der Waals surface area contributed by atoms with Gasteiger partial charge in [-0.25, -0.2) is 0 Å². The molecule has 1 aliphatic rings. The number of hydrogen-bond acceptors (Lipinski definition) is 3. The maximum absolute atomic E-state index is 11.5. The second kappa shape index (κ2) is 7.63. The average Bonchev–Trinajstić information content (AvgIpc) is 2.42. The molecule has 4 nitrogen and oxygen atoms in total. The van der Waals surface area contributed by atoms with Crippen molar-refractivity contribution in [2.45, 2.75) is 63.5 Å². The van der Waals surface area contributed by atoms with E-state index in [1.165, 1.54) is 38.5 Å². The Morgan fingerprint density at radius 2 is 1.69 bits per heavy atom. The fourth-order valence-electron chi connectivity index (χ4n) is 2.17. The Kier molecular flexibility index (Phi) is 6.42. The quantitative estimate of drug-likeness (QED) is 0.672. The Balaban J connectivity index is 2.34. The monoisotopic (exact) mass is 228 g/mol. The Hall–Kier alpha value is -0.610. The zero-order valence-corrected chi connectivity index (χ0v) is 9.95. The van der Waals surface area contributed by atoms with Crippen LogP contribution >= 0.6 is 0 Å². The highest BCUT2D eigenvalue weighted by Gasteiger charge is 2.17. The fourth-order valence-corrected chi connectivity index (χ4v) is 2.17. The first-order valence-electron chi connectivity index (χ1n) is 6.41. The molecule has 4 N–H and O–H groups in total. The summed E-state index contributed by atoms with van der Waals surface area (Å²) in [5.74, 6) is -0.216. The van der Waals surface area contributed by atoms with Gasteiger partial charge in [-0.05, 0) is 12.8 Å². The van der Waals surface area contributed by atoms with Gasteiger partial charge in [0.25, 0.3) is 0 Å². The van der Waals surface area contributed by atoms with Gasteiger partial charge in [0.15, 0.2) is 0 Å². The number of aliphatic hydroxyl groups excluding tert-OH is 1. The molecule has 0 aromatic rings. The molecule has 0 aromatic heterocycles. The minimum Gasteiger partial charge on any atom is -0.394 e. The van der Waals surface area contributed by atoms with Crippen LogP contribution in [0.25, 0.3) is 0 Å². The van der Waals surface area contributed by atoms with E-state index in [9.17, 15) is 4.79 Å². The molecule has 16 heavy (non-hydrogen) atoms. The van der Waals surface area contributed by atoms with Crippen molar-refractivity contribution in [3.8, 4) is 0 Å². The first kappa shape index (κ1) is 13.5. The molecular weight excluding hydrogens is 204 g/mol. The van der Waals surface area contributed by atoms with E-state index < -0.39 is 6.04 Å². The van der Waals surface area contributed by atoms with Crippen molar-refractivity contribution in [2.24, 2.45) is 5.73 Å². The van der Waals surface area contributed by atoms with Gasteiger partial charge in [-0.15, -0.1) is 0 Å². The minimum absolute atomic E-state index is 0.216. The van der Waals surface area contributed by atoms with Crippen LogP contribution in [0.2, 0.25) is 0 Å². The molecule has 1 unspecified atom stereocenters. The van der Waals surface area contributed by atoms with E-state index in [4.69, 9.17) is 10.8 Å². The van der Waals surface area contributed by atoms with E-state index in [-0.39, 0.29) is 18.6 Å². The summed E-state index contributed by atoms with van der Waals surface area (Å²) >= 11 is 0. The van der Waals surface area contributed by atoms with E-state index in [1.807, 2.05) is 0 Å². The van der Waals surface area contributed by atoms with Crippen LogP contribution in [-0.4, -0.2) is 29.7 Å². The van der Waals surface area contributed by atoms with Crippen molar-refractivity contribution < 1.29 is 9.90 Å². The predicted molar refractivity (Wildman–Crippen MR) is 63.9 cm³/mol. The molecule has 0 spiro atoms. The third kappa shape index (κ3) is 4.94. The van der Waals surface area contributed by atoms with Gasteiger partial charge < -0.3 is 16.2 Å². The molecule has 0 bridgehead atoms. The summed E-state index contributed by atoms with van der Waals surface area (Å²) in [7, 11) is 0. The minimum atomic E-state index is -0.771. The molecule has 1 aliphatic carbocycles. The standard InChI is InChI=1S/C12H24N2O2/c13-11(9-15)12(16)14-10-7-5-3-1-2-4-6-8-10/h10-11,15H,1-9,13H2,(H,14,16). The highest BCUT2D eigenvalue weighted by molar-refractivity contribution is 5.81. The summed E-state index contributed by atoms with van der Waals surface area (Å²) in [5.41, 5.74) is 5.47. The largest absolute Gasteiger partial charge is 0.394 e. The number of carbonyl (C=O) groups excluding carboxylic acids is 1. The van der Waals surface area contributed by atoms with Gasteiger partial charge in [-0.3, -0.25) is 4.79 Å². The summed E-state index contributed by atoms with van der Waals surface area (Å²) in [5, 5.41) is 11.7. The molecule has 1 saturated carbocycles. The van der Waals surface area contributed by atoms with Gasteiger partial charge in [0.05, 0.1) is 6.61 Å². The van der Waals surface area contributed by atoms with Gasteiger partial charge in [0.2, 0.25) is 5.91 Å². The van der Waals surface area contributed by atoms with Crippen LogP contribution < -0.4 is 11.1 Å². The van der Waals surface area contributed by atoms with Crippen molar-refractivity contribution in [1.29, 1.82) is 0 Å². The van der Waals surface area contributed by atoms with E-state index in [1.54, 1.807) is 0 Å². The van der Waals surface area contributed by atoms with Crippen molar-refractivity contribution in [2.75, 3.05) is 6.61 Å². The van der Waals surface area contributed by atoms with Crippen LogP contribution in [0.4, 0.5) is 0 Å². The molecule has 1 atom stereocenters. The lowest BCUT2D eigenvalue weighted by Crippen LogP contribution is -2.47. The molecule has 4 heteroatoms. The summed E-state index contributed by atoms with van der Waals surface area (Å²) in [6.45, 7) is -0.279. The van der Waals surface area contributed by atoms with Crippen molar-refractivity contribution >= 4 is 5.91 Å². The summed E-state index contributed by atoms with van der Waals surface area (Å²) < 4.78 is 0.